The van der Waals surface area contributed by atoms with E-state index in [2.05, 4.69) is 0 Å². The lowest BCUT2D eigenvalue weighted by atomic mass is 10.4. The highest BCUT2D eigenvalue weighted by atomic mass is 32.2. The molecule has 0 aromatic carbocycles. The van der Waals surface area contributed by atoms with E-state index in [1.165, 1.54) is 0 Å². The van der Waals surface area contributed by atoms with Crippen LogP contribution in [0.3, 0.4) is 0 Å². The Morgan fingerprint density at radius 2 is 2.09 bits per heavy atom. The van der Waals surface area contributed by atoms with Crippen molar-refractivity contribution >= 4 is 17.7 Å². The quantitative estimate of drug-likeness (QED) is 0.607. The number of carbonyl (C=O) groups excluding carboxylic acids is 1. The van der Waals surface area contributed by atoms with Crippen molar-refractivity contribution in [1.82, 2.24) is 4.90 Å². The average Bonchev–Trinajstić information content (AvgIpc) is 1.97. The predicted octanol–water partition coefficient (Wildman–Crippen LogP) is 0.157. The largest absolute Gasteiger partial charge is 0.349 e. The van der Waals surface area contributed by atoms with Gasteiger partial charge in [0.1, 0.15) is 0 Å². The molecule has 0 bridgehead atoms. The third-order valence-corrected chi connectivity index (χ3v) is 2.24. The first-order valence-electron chi connectivity index (χ1n) is 3.66. The Hall–Kier alpha value is -0.220. The van der Waals surface area contributed by atoms with E-state index in [0.717, 1.165) is 11.5 Å². The minimum absolute atomic E-state index is 0.189. The Morgan fingerprint density at radius 3 is 2.55 bits per heavy atom. The van der Waals surface area contributed by atoms with Crippen molar-refractivity contribution in [3.63, 3.8) is 0 Å². The van der Waals surface area contributed by atoms with Gasteiger partial charge >= 0.3 is 0 Å². The van der Waals surface area contributed by atoms with Gasteiger partial charge in [0.15, 0.2) is 0 Å². The summed E-state index contributed by atoms with van der Waals surface area (Å²) >= 11 is 1.73. The third kappa shape index (κ3) is 6.19. The molecule has 0 spiro atoms. The zero-order valence-corrected chi connectivity index (χ0v) is 7.99. The number of nitrogens with two attached hydrogens (primary N) is 1. The van der Waals surface area contributed by atoms with E-state index < -0.39 is 0 Å². The standard InChI is InChI=1S/C7H16N2OS/c1-9(2)7(10)3-5-11-6-4-8/h3-6,8H2,1-2H3. The monoisotopic (exact) mass is 176 g/mol. The third-order valence-electron chi connectivity index (χ3n) is 1.22. The van der Waals surface area contributed by atoms with Gasteiger partial charge < -0.3 is 10.6 Å². The Bertz CT molecular complexity index is 117. The topological polar surface area (TPSA) is 46.3 Å². The molecule has 66 valence electrons. The fourth-order valence-corrected chi connectivity index (χ4v) is 1.26. The number of rotatable bonds is 5. The molecule has 0 aliphatic heterocycles. The van der Waals surface area contributed by atoms with E-state index in [9.17, 15) is 4.79 Å². The van der Waals surface area contributed by atoms with Gasteiger partial charge in [0.25, 0.3) is 0 Å². The lowest BCUT2D eigenvalue weighted by molar-refractivity contribution is -0.128. The van der Waals surface area contributed by atoms with Crippen LogP contribution in [0.5, 0.6) is 0 Å². The van der Waals surface area contributed by atoms with Crippen LogP contribution < -0.4 is 5.73 Å². The molecule has 3 nitrogen and oxygen atoms in total. The van der Waals surface area contributed by atoms with Crippen LogP contribution in [0.15, 0.2) is 0 Å². The molecule has 11 heavy (non-hydrogen) atoms. The summed E-state index contributed by atoms with van der Waals surface area (Å²) in [7, 11) is 3.55. The predicted molar refractivity (Wildman–Crippen MR) is 49.7 cm³/mol. The zero-order valence-electron chi connectivity index (χ0n) is 7.17. The Balaban J connectivity index is 3.18. The Kier molecular flexibility index (Phi) is 6.36. The van der Waals surface area contributed by atoms with E-state index in [0.29, 0.717) is 13.0 Å². The summed E-state index contributed by atoms with van der Waals surface area (Å²) in [5, 5.41) is 0. The van der Waals surface area contributed by atoms with Gasteiger partial charge in [-0.1, -0.05) is 0 Å². The molecule has 2 N–H and O–H groups in total. The summed E-state index contributed by atoms with van der Waals surface area (Å²) in [5.74, 6) is 2.02. The summed E-state index contributed by atoms with van der Waals surface area (Å²) in [5.41, 5.74) is 5.29. The van der Waals surface area contributed by atoms with Gasteiger partial charge in [-0.3, -0.25) is 4.79 Å². The maximum atomic E-state index is 11.0. The van der Waals surface area contributed by atoms with Crippen molar-refractivity contribution in [2.24, 2.45) is 5.73 Å². The van der Waals surface area contributed by atoms with Crippen molar-refractivity contribution in [3.05, 3.63) is 0 Å². The van der Waals surface area contributed by atoms with Crippen molar-refractivity contribution in [1.29, 1.82) is 0 Å². The van der Waals surface area contributed by atoms with E-state index in [4.69, 9.17) is 5.73 Å². The second kappa shape index (κ2) is 6.49. The van der Waals surface area contributed by atoms with Crippen LogP contribution in [0.25, 0.3) is 0 Å². The van der Waals surface area contributed by atoms with Crippen molar-refractivity contribution in [3.8, 4) is 0 Å². The molecular weight excluding hydrogens is 160 g/mol. The maximum Gasteiger partial charge on any atom is 0.222 e. The van der Waals surface area contributed by atoms with Crippen molar-refractivity contribution < 1.29 is 4.79 Å². The summed E-state index contributed by atoms with van der Waals surface area (Å²) in [4.78, 5) is 12.6. The van der Waals surface area contributed by atoms with Crippen LogP contribution in [0.4, 0.5) is 0 Å². The van der Waals surface area contributed by atoms with Crippen molar-refractivity contribution in [2.75, 3.05) is 32.1 Å². The second-order valence-electron chi connectivity index (χ2n) is 2.44. The average molecular weight is 176 g/mol. The van der Waals surface area contributed by atoms with Crippen LogP contribution in [0, 0.1) is 0 Å². The molecule has 0 saturated heterocycles. The molecule has 0 atom stereocenters. The number of hydrogen-bond donors (Lipinski definition) is 1. The van der Waals surface area contributed by atoms with Gasteiger partial charge in [-0.25, -0.2) is 0 Å². The lowest BCUT2D eigenvalue weighted by Gasteiger charge is -2.08. The highest BCUT2D eigenvalue weighted by molar-refractivity contribution is 7.99. The van der Waals surface area contributed by atoms with E-state index in [1.54, 1.807) is 30.8 Å². The molecular formula is C7H16N2OS. The van der Waals surface area contributed by atoms with Gasteiger partial charge in [0.2, 0.25) is 5.91 Å². The fraction of sp³-hybridized carbons (Fsp3) is 0.857. The summed E-state index contributed by atoms with van der Waals surface area (Å²) in [6, 6.07) is 0. The molecule has 0 aliphatic carbocycles. The number of carbonyl (C=O) groups is 1. The Labute approximate surface area is 72.3 Å². The number of hydrogen-bond acceptors (Lipinski definition) is 3. The highest BCUT2D eigenvalue weighted by Gasteiger charge is 2.01. The van der Waals surface area contributed by atoms with Gasteiger partial charge in [0.05, 0.1) is 0 Å². The smallest absolute Gasteiger partial charge is 0.222 e. The fourth-order valence-electron chi connectivity index (χ4n) is 0.568. The second-order valence-corrected chi connectivity index (χ2v) is 3.66. The van der Waals surface area contributed by atoms with Crippen LogP contribution in [-0.4, -0.2) is 43.0 Å². The minimum atomic E-state index is 0.189. The van der Waals surface area contributed by atoms with E-state index >= 15 is 0 Å². The first kappa shape index (κ1) is 10.8. The molecule has 0 heterocycles. The van der Waals surface area contributed by atoms with E-state index in [1.807, 2.05) is 0 Å². The molecule has 0 saturated carbocycles. The molecule has 4 heteroatoms. The highest BCUT2D eigenvalue weighted by Crippen LogP contribution is 2.01. The maximum absolute atomic E-state index is 11.0. The number of thioether (sulfide) groups is 1. The molecule has 0 fully saturated rings. The molecule has 0 unspecified atom stereocenters. The van der Waals surface area contributed by atoms with Gasteiger partial charge in [-0.05, 0) is 0 Å². The van der Waals surface area contributed by atoms with Gasteiger partial charge in [-0.15, -0.1) is 0 Å². The summed E-state index contributed by atoms with van der Waals surface area (Å²) in [6.45, 7) is 0.695. The zero-order chi connectivity index (χ0) is 8.69. The number of nitrogens with zero attached hydrogens (tertiary/aromatic N) is 1. The first-order valence-corrected chi connectivity index (χ1v) is 4.82. The van der Waals surface area contributed by atoms with Crippen LogP contribution in [0.2, 0.25) is 0 Å². The molecule has 1 amide bonds. The van der Waals surface area contributed by atoms with Crippen molar-refractivity contribution in [2.45, 2.75) is 6.42 Å². The normalized spacial score (nSPS) is 9.73. The molecule has 0 aliphatic rings. The first-order chi connectivity index (χ1) is 5.18. The van der Waals surface area contributed by atoms with Crippen LogP contribution in [0.1, 0.15) is 6.42 Å². The SMILES string of the molecule is CN(C)C(=O)CCSCCN. The Morgan fingerprint density at radius 1 is 1.45 bits per heavy atom. The molecule has 0 rings (SSSR count). The van der Waals surface area contributed by atoms with Crippen LogP contribution in [-0.2, 0) is 4.79 Å². The molecule has 0 aromatic heterocycles. The summed E-state index contributed by atoms with van der Waals surface area (Å²) in [6.07, 6.45) is 0.623. The molecule has 0 radical (unpaired) electrons. The molecule has 0 aromatic rings. The van der Waals surface area contributed by atoms with Crippen LogP contribution >= 0.6 is 11.8 Å². The lowest BCUT2D eigenvalue weighted by Crippen LogP contribution is -2.21. The van der Waals surface area contributed by atoms with Gasteiger partial charge in [-0.2, -0.15) is 11.8 Å². The van der Waals surface area contributed by atoms with Gasteiger partial charge in [0, 0.05) is 38.6 Å². The number of amides is 1. The van der Waals surface area contributed by atoms with E-state index in [-0.39, 0.29) is 5.91 Å². The minimum Gasteiger partial charge on any atom is -0.349 e. The summed E-state index contributed by atoms with van der Waals surface area (Å²) < 4.78 is 0.